The van der Waals surface area contributed by atoms with Gasteiger partial charge in [0, 0.05) is 18.7 Å². The number of anilines is 1. The summed E-state index contributed by atoms with van der Waals surface area (Å²) < 4.78 is 5.22. The first kappa shape index (κ1) is 15.0. The largest absolute Gasteiger partial charge is 0.390 e. The highest BCUT2D eigenvalue weighted by Gasteiger charge is 2.15. The van der Waals surface area contributed by atoms with Crippen molar-refractivity contribution < 1.29 is 9.63 Å². The number of likely N-dealkylation sites (tertiary alicyclic amines) is 1. The van der Waals surface area contributed by atoms with E-state index in [4.69, 9.17) is 4.52 Å². The van der Waals surface area contributed by atoms with Crippen molar-refractivity contribution in [2.24, 2.45) is 0 Å². The van der Waals surface area contributed by atoms with E-state index < -0.39 is 6.10 Å². The Morgan fingerprint density at radius 1 is 1.18 bits per heavy atom. The molecule has 3 rings (SSSR count). The molecule has 0 spiro atoms. The first-order chi connectivity index (χ1) is 10.8. The maximum absolute atomic E-state index is 10.1. The van der Waals surface area contributed by atoms with Gasteiger partial charge in [0.1, 0.15) is 0 Å². The first-order valence-corrected chi connectivity index (χ1v) is 7.85. The van der Waals surface area contributed by atoms with Crippen LogP contribution in [-0.2, 0) is 0 Å². The summed E-state index contributed by atoms with van der Waals surface area (Å²) in [6, 6.07) is 9.63. The highest BCUT2D eigenvalue weighted by Crippen LogP contribution is 2.17. The molecule has 6 nitrogen and oxygen atoms in total. The molecule has 0 unspecified atom stereocenters. The second kappa shape index (κ2) is 7.38. The molecule has 1 aliphatic rings. The Kier molecular flexibility index (Phi) is 5.03. The van der Waals surface area contributed by atoms with Crippen LogP contribution < -0.4 is 5.32 Å². The van der Waals surface area contributed by atoms with Crippen LogP contribution in [0, 0.1) is 0 Å². The van der Waals surface area contributed by atoms with Gasteiger partial charge in [-0.25, -0.2) is 0 Å². The number of aliphatic hydroxyl groups excluding tert-OH is 1. The maximum Gasteiger partial charge on any atom is 0.263 e. The minimum Gasteiger partial charge on any atom is -0.390 e. The maximum atomic E-state index is 10.1. The van der Waals surface area contributed by atoms with Gasteiger partial charge in [-0.3, -0.25) is 0 Å². The normalized spacial score (nSPS) is 17.3. The van der Waals surface area contributed by atoms with Crippen molar-refractivity contribution in [3.8, 4) is 11.5 Å². The van der Waals surface area contributed by atoms with Crippen LogP contribution in [-0.4, -0.2) is 52.4 Å². The van der Waals surface area contributed by atoms with Crippen LogP contribution >= 0.6 is 0 Å². The average molecular weight is 302 g/mol. The summed E-state index contributed by atoms with van der Waals surface area (Å²) in [5, 5.41) is 17.0. The zero-order valence-electron chi connectivity index (χ0n) is 12.6. The zero-order chi connectivity index (χ0) is 15.2. The van der Waals surface area contributed by atoms with Crippen LogP contribution in [0.1, 0.15) is 19.3 Å². The topological polar surface area (TPSA) is 74.4 Å². The molecule has 0 amide bonds. The van der Waals surface area contributed by atoms with Crippen molar-refractivity contribution in [2.45, 2.75) is 25.4 Å². The molecule has 118 valence electrons. The van der Waals surface area contributed by atoms with Crippen molar-refractivity contribution in [3.05, 3.63) is 30.3 Å². The Morgan fingerprint density at radius 3 is 2.73 bits per heavy atom. The molecular weight excluding hydrogens is 280 g/mol. The van der Waals surface area contributed by atoms with Gasteiger partial charge < -0.3 is 19.8 Å². The van der Waals surface area contributed by atoms with Gasteiger partial charge >= 0.3 is 0 Å². The summed E-state index contributed by atoms with van der Waals surface area (Å²) in [7, 11) is 0. The molecular formula is C16H22N4O2. The molecule has 0 saturated carbocycles. The van der Waals surface area contributed by atoms with Crippen LogP contribution in [0.25, 0.3) is 11.5 Å². The molecule has 1 atom stereocenters. The van der Waals surface area contributed by atoms with E-state index in [0.29, 0.717) is 24.9 Å². The quantitative estimate of drug-likeness (QED) is 0.850. The molecule has 0 radical (unpaired) electrons. The number of piperidine rings is 1. The number of nitrogens with zero attached hydrogens (tertiary/aromatic N) is 3. The number of rotatable bonds is 6. The Balaban J connectivity index is 1.48. The summed E-state index contributed by atoms with van der Waals surface area (Å²) in [6.45, 7) is 3.27. The van der Waals surface area contributed by atoms with Crippen LogP contribution in [0.2, 0.25) is 0 Å². The second-order valence-corrected chi connectivity index (χ2v) is 5.69. The second-order valence-electron chi connectivity index (χ2n) is 5.69. The Morgan fingerprint density at radius 2 is 1.95 bits per heavy atom. The lowest BCUT2D eigenvalue weighted by Crippen LogP contribution is -2.39. The van der Waals surface area contributed by atoms with Crippen LogP contribution in [0.5, 0.6) is 0 Å². The smallest absolute Gasteiger partial charge is 0.263 e. The third-order valence-electron chi connectivity index (χ3n) is 3.86. The van der Waals surface area contributed by atoms with Gasteiger partial charge in [-0.15, -0.1) is 0 Å². The number of benzene rings is 1. The number of aromatic nitrogens is 2. The van der Waals surface area contributed by atoms with E-state index >= 15 is 0 Å². The lowest BCUT2D eigenvalue weighted by Gasteiger charge is -2.28. The van der Waals surface area contributed by atoms with Gasteiger partial charge in [-0.05, 0) is 43.2 Å². The Labute approximate surface area is 130 Å². The average Bonchev–Trinajstić information content (AvgIpc) is 3.04. The van der Waals surface area contributed by atoms with E-state index in [0.717, 1.165) is 18.7 Å². The molecule has 2 heterocycles. The molecule has 1 aromatic heterocycles. The lowest BCUT2D eigenvalue weighted by atomic mass is 10.1. The molecule has 6 heteroatoms. The fourth-order valence-corrected chi connectivity index (χ4v) is 2.71. The van der Waals surface area contributed by atoms with Gasteiger partial charge in [0.25, 0.3) is 11.8 Å². The molecule has 22 heavy (non-hydrogen) atoms. The fraction of sp³-hybridized carbons (Fsp3) is 0.500. The standard InChI is InChI=1S/C16H22N4O2/c21-14(12-20-9-5-2-6-10-20)11-17-16-18-15(22-19-16)13-7-3-1-4-8-13/h1,3-4,7-8,14,21H,2,5-6,9-12H2,(H,17,19)/t14-/m0/s1. The first-order valence-electron chi connectivity index (χ1n) is 7.85. The van der Waals surface area contributed by atoms with Crippen LogP contribution in [0.4, 0.5) is 5.95 Å². The molecule has 1 saturated heterocycles. The molecule has 1 aliphatic heterocycles. The molecule has 0 aliphatic carbocycles. The number of hydrogen-bond acceptors (Lipinski definition) is 6. The predicted molar refractivity (Wildman–Crippen MR) is 84.5 cm³/mol. The SMILES string of the molecule is O[C@@H](CNc1noc(-c2ccccc2)n1)CN1CCCCC1. The van der Waals surface area contributed by atoms with E-state index in [-0.39, 0.29) is 0 Å². The molecule has 1 fully saturated rings. The van der Waals surface area contributed by atoms with Crippen molar-refractivity contribution >= 4 is 5.95 Å². The van der Waals surface area contributed by atoms with E-state index in [9.17, 15) is 5.11 Å². The third kappa shape index (κ3) is 4.05. The van der Waals surface area contributed by atoms with Gasteiger partial charge in [0.15, 0.2) is 0 Å². The van der Waals surface area contributed by atoms with Crippen molar-refractivity contribution in [3.63, 3.8) is 0 Å². The minimum absolute atomic E-state index is 0.413. The highest BCUT2D eigenvalue weighted by atomic mass is 16.5. The molecule has 0 bridgehead atoms. The van der Waals surface area contributed by atoms with Crippen LogP contribution in [0.15, 0.2) is 34.9 Å². The summed E-state index contributed by atoms with van der Waals surface area (Å²) in [5.74, 6) is 0.894. The minimum atomic E-state index is -0.434. The molecule has 2 N–H and O–H groups in total. The van der Waals surface area contributed by atoms with E-state index in [1.807, 2.05) is 30.3 Å². The van der Waals surface area contributed by atoms with Crippen molar-refractivity contribution in [1.82, 2.24) is 15.0 Å². The highest BCUT2D eigenvalue weighted by molar-refractivity contribution is 5.53. The fourth-order valence-electron chi connectivity index (χ4n) is 2.71. The van der Waals surface area contributed by atoms with Gasteiger partial charge in [-0.2, -0.15) is 4.98 Å². The number of nitrogens with one attached hydrogen (secondary N) is 1. The number of aliphatic hydroxyl groups is 1. The zero-order valence-corrected chi connectivity index (χ0v) is 12.6. The Hall–Kier alpha value is -1.92. The summed E-state index contributed by atoms with van der Waals surface area (Å²) in [4.78, 5) is 6.59. The summed E-state index contributed by atoms with van der Waals surface area (Å²) in [5.41, 5.74) is 0.886. The Bertz CT molecular complexity index is 567. The van der Waals surface area contributed by atoms with Gasteiger partial charge in [-0.1, -0.05) is 24.6 Å². The third-order valence-corrected chi connectivity index (χ3v) is 3.86. The molecule has 2 aromatic rings. The monoisotopic (exact) mass is 302 g/mol. The van der Waals surface area contributed by atoms with Gasteiger partial charge in [0.2, 0.25) is 0 Å². The number of hydrogen-bond donors (Lipinski definition) is 2. The summed E-state index contributed by atoms with van der Waals surface area (Å²) >= 11 is 0. The summed E-state index contributed by atoms with van der Waals surface area (Å²) in [6.07, 6.45) is 3.32. The van der Waals surface area contributed by atoms with Crippen molar-refractivity contribution in [2.75, 3.05) is 31.5 Å². The van der Waals surface area contributed by atoms with Gasteiger partial charge in [0.05, 0.1) is 6.10 Å². The van der Waals surface area contributed by atoms with E-state index in [1.165, 1.54) is 19.3 Å². The van der Waals surface area contributed by atoms with E-state index in [2.05, 4.69) is 20.4 Å². The molecule has 1 aromatic carbocycles. The number of β-amino-alcohol motifs (C(OH)–C–C–N with tert-alkyl or cyclic N) is 1. The predicted octanol–water partition coefficient (Wildman–Crippen LogP) is 2.00. The van der Waals surface area contributed by atoms with E-state index in [1.54, 1.807) is 0 Å². The van der Waals surface area contributed by atoms with Crippen LogP contribution in [0.3, 0.4) is 0 Å². The lowest BCUT2D eigenvalue weighted by molar-refractivity contribution is 0.109. The van der Waals surface area contributed by atoms with Crippen molar-refractivity contribution in [1.29, 1.82) is 0 Å².